The number of ether oxygens (including phenoxy) is 4. The van der Waals surface area contributed by atoms with E-state index < -0.39 is 36.0 Å². The van der Waals surface area contributed by atoms with Gasteiger partial charge in [0.25, 0.3) is 5.60 Å². The summed E-state index contributed by atoms with van der Waals surface area (Å²) in [6.07, 6.45) is -2.48. The number of rotatable bonds is 11. The largest absolute Gasteiger partial charge is 0.463 e. The molecule has 0 saturated carbocycles. The Hall–Kier alpha value is -4.14. The van der Waals surface area contributed by atoms with Crippen LogP contribution < -0.4 is 5.73 Å². The average Bonchev–Trinajstić information content (AvgIpc) is 3.72. The zero-order valence-corrected chi connectivity index (χ0v) is 27.3. The molecule has 46 heavy (non-hydrogen) atoms. The summed E-state index contributed by atoms with van der Waals surface area (Å²) in [5, 5.41) is 3.87. The Balaban J connectivity index is 0.00000235. The summed E-state index contributed by atoms with van der Waals surface area (Å²) in [5.74, 6) is -1.15. The van der Waals surface area contributed by atoms with Crippen molar-refractivity contribution in [2.45, 2.75) is 78.5 Å². The first-order valence-corrected chi connectivity index (χ1v) is 15.4. The first-order chi connectivity index (χ1) is 22.1. The van der Waals surface area contributed by atoms with Crippen LogP contribution in [0.3, 0.4) is 0 Å². The van der Waals surface area contributed by atoms with Gasteiger partial charge in [0.05, 0.1) is 37.9 Å². The predicted octanol–water partition coefficient (Wildman–Crippen LogP) is 5.11. The summed E-state index contributed by atoms with van der Waals surface area (Å²) < 4.78 is 44.6. The second kappa shape index (κ2) is 15.0. The number of imidazole rings is 1. The van der Waals surface area contributed by atoms with Crippen molar-refractivity contribution in [1.29, 1.82) is 0 Å². The van der Waals surface area contributed by atoms with E-state index in [1.165, 1.54) is 10.9 Å². The number of carbonyl (C=O) groups is 2. The van der Waals surface area contributed by atoms with Crippen molar-refractivity contribution >= 4 is 40.5 Å². The summed E-state index contributed by atoms with van der Waals surface area (Å²) >= 11 is 5.96. The highest BCUT2D eigenvalue weighted by Gasteiger charge is 2.52. The van der Waals surface area contributed by atoms with Crippen molar-refractivity contribution in [1.82, 2.24) is 24.7 Å². The van der Waals surface area contributed by atoms with Crippen LogP contribution in [0, 0.1) is 13.8 Å². The Morgan fingerprint density at radius 2 is 1.76 bits per heavy atom. The van der Waals surface area contributed by atoms with Crippen LogP contribution in [0.4, 0.5) is 10.2 Å². The number of alkyl halides is 1. The Bertz CT molecular complexity index is 1620. The van der Waals surface area contributed by atoms with Crippen molar-refractivity contribution in [2.24, 2.45) is 0 Å². The Kier molecular flexibility index (Phi) is 11.3. The van der Waals surface area contributed by atoms with Crippen LogP contribution in [0.25, 0.3) is 22.3 Å². The third kappa shape index (κ3) is 6.98. The topological polar surface area (TPSA) is 167 Å². The third-order valence-corrected chi connectivity index (χ3v) is 7.45. The number of aryl methyl sites for hydroxylation is 2. The van der Waals surface area contributed by atoms with Gasteiger partial charge in [-0.1, -0.05) is 43.3 Å². The lowest BCUT2D eigenvalue weighted by atomic mass is 9.92. The van der Waals surface area contributed by atoms with E-state index in [9.17, 15) is 9.59 Å². The standard InChI is InChI=1S/C29H32ClFN6O7.C2H6/c1-5-40-26(38)29(27(39)41-6-2,12-17-7-9-18(10-8-17)21-15(3)36-44-16(21)4)42-13-19-11-20(31)25(43-19)37-14-33-22-23(32)34-28(30)35-24(22)37;1-2/h7-10,14,19-20,25H,5-6,11-13H2,1-4H3,(H2,32,34,35);1-2H3. The molecule has 1 aromatic carbocycles. The van der Waals surface area contributed by atoms with Crippen molar-refractivity contribution in [2.75, 3.05) is 25.6 Å². The predicted molar refractivity (Wildman–Crippen MR) is 167 cm³/mol. The SMILES string of the molecule is CC.CCOC(=O)C(Cc1ccc(-c2c(C)noc2C)cc1)(OCC1CC(F)C(n2cnc3c(N)nc(Cl)nc32)O1)C(=O)OCC. The number of carbonyl (C=O) groups excluding carboxylic acids is 2. The molecule has 1 aliphatic heterocycles. The van der Waals surface area contributed by atoms with Gasteiger partial charge in [0.15, 0.2) is 17.7 Å². The zero-order chi connectivity index (χ0) is 33.6. The second-order valence-electron chi connectivity index (χ2n) is 10.3. The van der Waals surface area contributed by atoms with E-state index in [1.54, 1.807) is 26.0 Å². The highest BCUT2D eigenvalue weighted by atomic mass is 35.5. The fourth-order valence-electron chi connectivity index (χ4n) is 5.25. The van der Waals surface area contributed by atoms with Crippen LogP contribution in [-0.4, -0.2) is 74.3 Å². The Morgan fingerprint density at radius 1 is 1.11 bits per heavy atom. The van der Waals surface area contributed by atoms with Gasteiger partial charge in [-0.05, 0) is 50.4 Å². The fraction of sp³-hybridized carbons (Fsp3) is 0.484. The lowest BCUT2D eigenvalue weighted by Gasteiger charge is -2.30. The van der Waals surface area contributed by atoms with Gasteiger partial charge in [0, 0.05) is 18.4 Å². The zero-order valence-electron chi connectivity index (χ0n) is 26.6. The number of hydrogen-bond acceptors (Lipinski definition) is 12. The van der Waals surface area contributed by atoms with Crippen molar-refractivity contribution in [3.05, 3.63) is 52.9 Å². The summed E-state index contributed by atoms with van der Waals surface area (Å²) in [4.78, 5) is 39.0. The Morgan fingerprint density at radius 3 is 2.35 bits per heavy atom. The van der Waals surface area contributed by atoms with E-state index in [-0.39, 0.29) is 54.9 Å². The molecule has 1 saturated heterocycles. The molecule has 248 valence electrons. The van der Waals surface area contributed by atoms with E-state index in [1.807, 2.05) is 39.8 Å². The maximum Gasteiger partial charge on any atom is 0.350 e. The molecule has 4 heterocycles. The number of halogens is 2. The molecule has 0 amide bonds. The van der Waals surface area contributed by atoms with Gasteiger partial charge in [-0.25, -0.2) is 19.0 Å². The lowest BCUT2D eigenvalue weighted by Crippen LogP contribution is -2.54. The summed E-state index contributed by atoms with van der Waals surface area (Å²) in [6.45, 7) is 10.5. The molecule has 0 bridgehead atoms. The highest BCUT2D eigenvalue weighted by molar-refractivity contribution is 6.28. The molecule has 0 spiro atoms. The molecule has 1 aliphatic rings. The second-order valence-corrected chi connectivity index (χ2v) is 10.6. The minimum atomic E-state index is -2.18. The monoisotopic (exact) mass is 660 g/mol. The number of nitrogen functional groups attached to an aromatic ring is 1. The maximum atomic E-state index is 15.3. The number of esters is 2. The minimum absolute atomic E-state index is 0.00978. The first-order valence-electron chi connectivity index (χ1n) is 15.0. The normalized spacial score (nSPS) is 17.9. The molecule has 3 atom stereocenters. The quantitative estimate of drug-likeness (QED) is 0.128. The van der Waals surface area contributed by atoms with Gasteiger partial charge in [0.2, 0.25) is 5.28 Å². The summed E-state index contributed by atoms with van der Waals surface area (Å²) in [7, 11) is 0. The molecule has 13 nitrogen and oxygen atoms in total. The minimum Gasteiger partial charge on any atom is -0.463 e. The highest BCUT2D eigenvalue weighted by Crippen LogP contribution is 2.36. The van der Waals surface area contributed by atoms with Crippen molar-refractivity contribution in [3.63, 3.8) is 0 Å². The van der Waals surface area contributed by atoms with Gasteiger partial charge in [-0.2, -0.15) is 9.97 Å². The van der Waals surface area contributed by atoms with E-state index in [0.29, 0.717) is 11.3 Å². The summed E-state index contributed by atoms with van der Waals surface area (Å²) in [5.41, 5.74) is 7.17. The van der Waals surface area contributed by atoms with E-state index in [2.05, 4.69) is 20.1 Å². The van der Waals surface area contributed by atoms with Crippen LogP contribution >= 0.6 is 11.6 Å². The molecule has 5 rings (SSSR count). The van der Waals surface area contributed by atoms with Crippen LogP contribution in [0.1, 0.15) is 57.4 Å². The summed E-state index contributed by atoms with van der Waals surface area (Å²) in [6, 6.07) is 7.19. The molecule has 3 unspecified atom stereocenters. The molecular formula is C31H38ClFN6O7. The van der Waals surface area contributed by atoms with Crippen molar-refractivity contribution < 1.29 is 37.5 Å². The van der Waals surface area contributed by atoms with Gasteiger partial charge in [-0.15, -0.1) is 0 Å². The van der Waals surface area contributed by atoms with Crippen LogP contribution in [0.2, 0.25) is 5.28 Å². The van der Waals surface area contributed by atoms with E-state index >= 15 is 4.39 Å². The van der Waals surface area contributed by atoms with Gasteiger partial charge in [0.1, 0.15) is 17.4 Å². The number of anilines is 1. The van der Waals surface area contributed by atoms with E-state index in [0.717, 1.165) is 16.8 Å². The van der Waals surface area contributed by atoms with Crippen LogP contribution in [-0.2, 0) is 35.0 Å². The van der Waals surface area contributed by atoms with Gasteiger partial charge >= 0.3 is 11.9 Å². The average molecular weight is 661 g/mol. The Labute approximate surface area is 270 Å². The molecule has 2 N–H and O–H groups in total. The van der Waals surface area contributed by atoms with E-state index in [4.69, 9.17) is 40.8 Å². The molecule has 15 heteroatoms. The van der Waals surface area contributed by atoms with Gasteiger partial charge < -0.3 is 29.2 Å². The van der Waals surface area contributed by atoms with Gasteiger partial charge in [-0.3, -0.25) is 4.57 Å². The molecule has 0 radical (unpaired) electrons. The van der Waals surface area contributed by atoms with Crippen LogP contribution in [0.5, 0.6) is 0 Å². The number of fused-ring (bicyclic) bond motifs is 1. The number of nitrogens with zero attached hydrogens (tertiary/aromatic N) is 5. The van der Waals surface area contributed by atoms with Crippen molar-refractivity contribution in [3.8, 4) is 11.1 Å². The molecular weight excluding hydrogens is 623 g/mol. The third-order valence-electron chi connectivity index (χ3n) is 7.28. The molecule has 0 aliphatic carbocycles. The lowest BCUT2D eigenvalue weighted by molar-refractivity contribution is -0.195. The molecule has 1 fully saturated rings. The molecule has 3 aromatic heterocycles. The number of benzene rings is 1. The fourth-order valence-corrected chi connectivity index (χ4v) is 5.42. The molecule has 4 aromatic rings. The maximum absolute atomic E-state index is 15.3. The first kappa shape index (κ1) is 34.7. The van der Waals surface area contributed by atoms with Crippen LogP contribution in [0.15, 0.2) is 35.1 Å². The number of aromatic nitrogens is 5. The number of hydrogen-bond donors (Lipinski definition) is 1. The smallest absolute Gasteiger partial charge is 0.350 e. The number of nitrogens with two attached hydrogens (primary N) is 1.